The predicted molar refractivity (Wildman–Crippen MR) is 176 cm³/mol. The van der Waals surface area contributed by atoms with Crippen molar-refractivity contribution >= 4 is 56.8 Å². The maximum atomic E-state index is 14.0. The number of thioether (sulfide) groups is 1. The van der Waals surface area contributed by atoms with Gasteiger partial charge in [0.25, 0.3) is 5.91 Å². The van der Waals surface area contributed by atoms with Crippen molar-refractivity contribution in [2.45, 2.75) is 51.1 Å². The molecule has 1 unspecified atom stereocenters. The van der Waals surface area contributed by atoms with Crippen LogP contribution in [0.2, 0.25) is 5.02 Å². The monoisotopic (exact) mass is 681 g/mol. The number of carbonyl (C=O) groups is 1. The highest BCUT2D eigenvalue weighted by Crippen LogP contribution is 2.43. The lowest BCUT2D eigenvalue weighted by Gasteiger charge is -2.29. The third-order valence-corrected chi connectivity index (χ3v) is 8.73. The molecule has 2 N–H and O–H groups in total. The molecule has 1 atom stereocenters. The van der Waals surface area contributed by atoms with Gasteiger partial charge in [-0.25, -0.2) is 4.68 Å². The van der Waals surface area contributed by atoms with Gasteiger partial charge < -0.3 is 20.1 Å². The van der Waals surface area contributed by atoms with Gasteiger partial charge >= 0.3 is 0 Å². The first kappa shape index (κ1) is 31.0. The molecule has 0 saturated heterocycles. The molecule has 0 spiro atoms. The van der Waals surface area contributed by atoms with Gasteiger partial charge in [-0.2, -0.15) is 4.98 Å². The molecule has 1 aliphatic heterocycles. The second-order valence-corrected chi connectivity index (χ2v) is 12.2. The second-order valence-electron chi connectivity index (χ2n) is 9.99. The van der Waals surface area contributed by atoms with E-state index in [0.29, 0.717) is 57.9 Å². The molecule has 0 bridgehead atoms. The van der Waals surface area contributed by atoms with Crippen LogP contribution in [0.1, 0.15) is 49.9 Å². The van der Waals surface area contributed by atoms with Crippen LogP contribution in [0.4, 0.5) is 11.6 Å². The number of carbonyl (C=O) groups excluding carboxylic acids is 1. The molecule has 5 rings (SSSR count). The number of ether oxygens (including phenoxy) is 2. The third-order valence-electron chi connectivity index (χ3n) is 6.88. The first-order valence-corrected chi connectivity index (χ1v) is 16.2. The SMILES string of the molecule is CCCOc1c(Br)cc(C2C(C(=O)Nc3ccccc3C)=C(C)Nc3nc(SCc4ccccc4Cl)nn32)cc1OCC. The molecule has 43 heavy (non-hydrogen) atoms. The summed E-state index contributed by atoms with van der Waals surface area (Å²) in [5.41, 5.74) is 4.69. The van der Waals surface area contributed by atoms with Crippen molar-refractivity contribution in [3.05, 3.63) is 98.1 Å². The smallest absolute Gasteiger partial charge is 0.255 e. The quantitative estimate of drug-likeness (QED) is 0.154. The summed E-state index contributed by atoms with van der Waals surface area (Å²) in [4.78, 5) is 18.8. The number of fused-ring (bicyclic) bond motifs is 1. The summed E-state index contributed by atoms with van der Waals surface area (Å²) in [5, 5.41) is 12.6. The average Bonchev–Trinajstić information content (AvgIpc) is 3.39. The van der Waals surface area contributed by atoms with Gasteiger partial charge in [0, 0.05) is 22.2 Å². The highest BCUT2D eigenvalue weighted by molar-refractivity contribution is 9.10. The van der Waals surface area contributed by atoms with Gasteiger partial charge in [0.15, 0.2) is 11.5 Å². The first-order chi connectivity index (χ1) is 20.8. The molecular formula is C32H33BrClN5O3S. The van der Waals surface area contributed by atoms with E-state index in [1.807, 2.05) is 81.4 Å². The lowest BCUT2D eigenvalue weighted by Crippen LogP contribution is -2.31. The highest BCUT2D eigenvalue weighted by atomic mass is 79.9. The number of para-hydroxylation sites is 1. The molecule has 0 aliphatic carbocycles. The number of benzene rings is 3. The molecule has 0 saturated carbocycles. The van der Waals surface area contributed by atoms with E-state index < -0.39 is 6.04 Å². The normalized spacial score (nSPS) is 14.2. The molecule has 3 aromatic carbocycles. The summed E-state index contributed by atoms with van der Waals surface area (Å²) in [7, 11) is 0. The second kappa shape index (κ2) is 13.9. The minimum absolute atomic E-state index is 0.240. The van der Waals surface area contributed by atoms with Crippen molar-refractivity contribution in [1.29, 1.82) is 0 Å². The number of rotatable bonds is 11. The van der Waals surface area contributed by atoms with E-state index in [1.165, 1.54) is 11.8 Å². The number of aryl methyl sites for hydroxylation is 1. The van der Waals surface area contributed by atoms with Crippen LogP contribution in [0.5, 0.6) is 11.5 Å². The Morgan fingerprint density at radius 3 is 2.63 bits per heavy atom. The zero-order chi connectivity index (χ0) is 30.5. The van der Waals surface area contributed by atoms with Crippen molar-refractivity contribution in [1.82, 2.24) is 14.8 Å². The molecule has 1 aliphatic rings. The summed E-state index contributed by atoms with van der Waals surface area (Å²) in [5.74, 6) is 2.12. The number of aromatic nitrogens is 3. The minimum Gasteiger partial charge on any atom is -0.490 e. The summed E-state index contributed by atoms with van der Waals surface area (Å²) >= 11 is 11.6. The Bertz CT molecular complexity index is 1670. The van der Waals surface area contributed by atoms with Crippen molar-refractivity contribution < 1.29 is 14.3 Å². The van der Waals surface area contributed by atoms with Crippen LogP contribution in [-0.4, -0.2) is 33.9 Å². The fourth-order valence-corrected chi connectivity index (χ4v) is 6.50. The Morgan fingerprint density at radius 1 is 1.12 bits per heavy atom. The highest BCUT2D eigenvalue weighted by Gasteiger charge is 2.35. The number of nitrogens with one attached hydrogen (secondary N) is 2. The topological polar surface area (TPSA) is 90.3 Å². The Kier molecular flexibility index (Phi) is 10.00. The minimum atomic E-state index is -0.599. The molecule has 1 amide bonds. The van der Waals surface area contributed by atoms with E-state index in [4.69, 9.17) is 31.2 Å². The van der Waals surface area contributed by atoms with Gasteiger partial charge in [0.2, 0.25) is 11.1 Å². The molecule has 11 heteroatoms. The van der Waals surface area contributed by atoms with Crippen molar-refractivity contribution in [3.8, 4) is 11.5 Å². The fraction of sp³-hybridized carbons (Fsp3) is 0.281. The Morgan fingerprint density at radius 2 is 1.88 bits per heavy atom. The average molecular weight is 683 g/mol. The summed E-state index contributed by atoms with van der Waals surface area (Å²) < 4.78 is 14.5. The zero-order valence-electron chi connectivity index (χ0n) is 24.4. The van der Waals surface area contributed by atoms with E-state index in [2.05, 4.69) is 33.5 Å². The van der Waals surface area contributed by atoms with Crippen LogP contribution < -0.4 is 20.1 Å². The number of hydrogen-bond donors (Lipinski definition) is 2. The molecule has 8 nitrogen and oxygen atoms in total. The van der Waals surface area contributed by atoms with Crippen LogP contribution in [0.15, 0.2) is 81.6 Å². The van der Waals surface area contributed by atoms with Crippen LogP contribution in [-0.2, 0) is 10.5 Å². The fourth-order valence-electron chi connectivity index (χ4n) is 4.81. The Labute approximate surface area is 269 Å². The van der Waals surface area contributed by atoms with Crippen molar-refractivity contribution in [3.63, 3.8) is 0 Å². The first-order valence-electron chi connectivity index (χ1n) is 14.1. The van der Waals surface area contributed by atoms with Gasteiger partial charge in [0.05, 0.1) is 23.3 Å². The lowest BCUT2D eigenvalue weighted by molar-refractivity contribution is -0.113. The van der Waals surface area contributed by atoms with Crippen molar-refractivity contribution in [2.75, 3.05) is 23.8 Å². The van der Waals surface area contributed by atoms with Crippen LogP contribution >= 0.6 is 39.3 Å². The van der Waals surface area contributed by atoms with Crippen LogP contribution in [0, 0.1) is 6.92 Å². The van der Waals surface area contributed by atoms with Crippen LogP contribution in [0.25, 0.3) is 0 Å². The number of allylic oxidation sites excluding steroid dienone is 1. The number of amides is 1. The van der Waals surface area contributed by atoms with E-state index in [0.717, 1.165) is 33.3 Å². The van der Waals surface area contributed by atoms with E-state index in [-0.39, 0.29) is 5.91 Å². The van der Waals surface area contributed by atoms with E-state index in [9.17, 15) is 4.79 Å². The number of halogens is 2. The predicted octanol–water partition coefficient (Wildman–Crippen LogP) is 8.41. The number of hydrogen-bond acceptors (Lipinski definition) is 7. The maximum absolute atomic E-state index is 14.0. The van der Waals surface area contributed by atoms with Gasteiger partial charge in [-0.15, -0.1) is 5.10 Å². The maximum Gasteiger partial charge on any atom is 0.255 e. The largest absolute Gasteiger partial charge is 0.490 e. The van der Waals surface area contributed by atoms with Gasteiger partial charge in [-0.05, 0) is 84.1 Å². The molecule has 2 heterocycles. The molecular weight excluding hydrogens is 650 g/mol. The van der Waals surface area contributed by atoms with Gasteiger partial charge in [-0.3, -0.25) is 4.79 Å². The molecule has 4 aromatic rings. The molecule has 224 valence electrons. The Balaban J connectivity index is 1.58. The third kappa shape index (κ3) is 6.87. The standard InChI is InChI=1S/C32H33BrClN5O3S/c1-5-15-42-29-23(33)16-22(17-26(29)41-6-2)28-27(30(40)36-25-14-10-7-11-19(25)3)20(4)35-31-37-32(38-39(28)31)43-18-21-12-8-9-13-24(21)34/h7-14,16-17,28H,5-6,15,18H2,1-4H3,(H,36,40)(H,35,37,38). The van der Waals surface area contributed by atoms with Gasteiger partial charge in [0.1, 0.15) is 6.04 Å². The molecule has 0 fully saturated rings. The Hall–Kier alpha value is -3.47. The van der Waals surface area contributed by atoms with E-state index in [1.54, 1.807) is 4.68 Å². The zero-order valence-corrected chi connectivity index (χ0v) is 27.6. The number of anilines is 2. The summed E-state index contributed by atoms with van der Waals surface area (Å²) in [6.45, 7) is 8.83. The van der Waals surface area contributed by atoms with Crippen molar-refractivity contribution in [2.24, 2.45) is 0 Å². The summed E-state index contributed by atoms with van der Waals surface area (Å²) in [6.07, 6.45) is 0.857. The number of nitrogens with zero attached hydrogens (tertiary/aromatic N) is 3. The molecule has 0 radical (unpaired) electrons. The van der Waals surface area contributed by atoms with Gasteiger partial charge in [-0.1, -0.05) is 66.7 Å². The van der Waals surface area contributed by atoms with E-state index >= 15 is 0 Å². The molecule has 1 aromatic heterocycles. The van der Waals surface area contributed by atoms with Crippen LogP contribution in [0.3, 0.4) is 0 Å². The lowest BCUT2D eigenvalue weighted by atomic mass is 9.94. The summed E-state index contributed by atoms with van der Waals surface area (Å²) in [6, 6.07) is 18.7.